The lowest BCUT2D eigenvalue weighted by Gasteiger charge is -2.00. The van der Waals surface area contributed by atoms with Crippen LogP contribution >= 0.6 is 0 Å². The number of methoxy groups -OCH3 is 1. The van der Waals surface area contributed by atoms with Crippen LogP contribution in [-0.2, 0) is 11.2 Å². The zero-order chi connectivity index (χ0) is 11.5. The highest BCUT2D eigenvalue weighted by Crippen LogP contribution is 2.21. The van der Waals surface area contributed by atoms with Crippen LogP contribution in [0.5, 0.6) is 0 Å². The predicted molar refractivity (Wildman–Crippen MR) is 60.5 cm³/mol. The Morgan fingerprint density at radius 1 is 1.44 bits per heavy atom. The summed E-state index contributed by atoms with van der Waals surface area (Å²) in [7, 11) is 1.35. The molecular formula is C12H13NO3. The van der Waals surface area contributed by atoms with Crippen LogP contribution in [0.3, 0.4) is 0 Å². The van der Waals surface area contributed by atoms with Crippen LogP contribution in [0.4, 0.5) is 4.79 Å². The van der Waals surface area contributed by atoms with Crippen LogP contribution in [0, 0.1) is 0 Å². The van der Waals surface area contributed by atoms with Gasteiger partial charge in [0.25, 0.3) is 0 Å². The van der Waals surface area contributed by atoms with Gasteiger partial charge in [-0.15, -0.1) is 0 Å². The van der Waals surface area contributed by atoms with Gasteiger partial charge in [0.05, 0.1) is 12.6 Å². The van der Waals surface area contributed by atoms with Crippen molar-refractivity contribution in [3.8, 4) is 0 Å². The molecule has 1 aromatic heterocycles. The number of ether oxygens (including phenoxy) is 1. The topological polar surface area (TPSA) is 51.5 Å². The second-order valence-electron chi connectivity index (χ2n) is 3.49. The maximum absolute atomic E-state index is 11.5. The van der Waals surface area contributed by atoms with Crippen LogP contribution in [0.15, 0.2) is 30.5 Å². The molecule has 0 spiro atoms. The van der Waals surface area contributed by atoms with Crippen LogP contribution < -0.4 is 0 Å². The molecule has 0 unspecified atom stereocenters. The number of nitrogens with zero attached hydrogens (tertiary/aromatic N) is 1. The molecule has 0 radical (unpaired) electrons. The number of rotatable bonds is 2. The molecule has 2 aromatic rings. The number of aliphatic hydroxyl groups is 1. The molecule has 1 aromatic carbocycles. The van der Waals surface area contributed by atoms with Crippen LogP contribution in [-0.4, -0.2) is 29.5 Å². The molecule has 2 rings (SSSR count). The Balaban J connectivity index is 2.61. The summed E-state index contributed by atoms with van der Waals surface area (Å²) in [6.07, 6.45) is 1.83. The van der Waals surface area contributed by atoms with E-state index in [2.05, 4.69) is 0 Å². The van der Waals surface area contributed by atoms with E-state index in [0.29, 0.717) is 6.42 Å². The fourth-order valence-electron chi connectivity index (χ4n) is 1.82. The minimum Gasteiger partial charge on any atom is -0.452 e. The van der Waals surface area contributed by atoms with Crippen molar-refractivity contribution in [2.24, 2.45) is 0 Å². The lowest BCUT2D eigenvalue weighted by atomic mass is 10.1. The molecule has 84 valence electrons. The van der Waals surface area contributed by atoms with Gasteiger partial charge in [0, 0.05) is 18.2 Å². The number of para-hydroxylation sites is 1. The van der Waals surface area contributed by atoms with E-state index in [1.165, 1.54) is 11.7 Å². The average Bonchev–Trinajstić information content (AvgIpc) is 2.68. The number of benzene rings is 1. The van der Waals surface area contributed by atoms with Gasteiger partial charge < -0.3 is 9.84 Å². The molecular weight excluding hydrogens is 206 g/mol. The van der Waals surface area contributed by atoms with Gasteiger partial charge in [0.15, 0.2) is 0 Å². The van der Waals surface area contributed by atoms with Crippen LogP contribution in [0.25, 0.3) is 10.9 Å². The summed E-state index contributed by atoms with van der Waals surface area (Å²) in [5, 5.41) is 9.93. The minimum absolute atomic E-state index is 0.0647. The number of hydrogen-bond acceptors (Lipinski definition) is 3. The van der Waals surface area contributed by atoms with Crippen LogP contribution in [0.1, 0.15) is 5.56 Å². The summed E-state index contributed by atoms with van der Waals surface area (Å²) in [5.74, 6) is 0. The van der Waals surface area contributed by atoms with Crippen LogP contribution in [0.2, 0.25) is 0 Å². The number of aromatic nitrogens is 1. The van der Waals surface area contributed by atoms with Crippen molar-refractivity contribution in [3.63, 3.8) is 0 Å². The number of fused-ring (bicyclic) bond motifs is 1. The first-order chi connectivity index (χ1) is 7.77. The van der Waals surface area contributed by atoms with E-state index in [0.717, 1.165) is 16.5 Å². The van der Waals surface area contributed by atoms with Crippen molar-refractivity contribution in [1.82, 2.24) is 4.57 Å². The Morgan fingerprint density at radius 2 is 2.19 bits per heavy atom. The highest BCUT2D eigenvalue weighted by molar-refractivity contribution is 5.91. The fraction of sp³-hybridized carbons (Fsp3) is 0.250. The largest absolute Gasteiger partial charge is 0.452 e. The van der Waals surface area contributed by atoms with E-state index in [9.17, 15) is 4.79 Å². The summed E-state index contributed by atoms with van der Waals surface area (Å²) >= 11 is 0. The van der Waals surface area contributed by atoms with Crippen molar-refractivity contribution < 1.29 is 14.6 Å². The number of hydrogen-bond donors (Lipinski definition) is 1. The first kappa shape index (κ1) is 10.7. The summed E-state index contributed by atoms with van der Waals surface area (Å²) in [4.78, 5) is 11.5. The van der Waals surface area contributed by atoms with E-state index in [-0.39, 0.29) is 6.61 Å². The SMILES string of the molecule is COC(=O)n1cc(CCO)c2ccccc21. The normalized spacial score (nSPS) is 10.6. The van der Waals surface area contributed by atoms with Gasteiger partial charge in [-0.3, -0.25) is 4.57 Å². The Labute approximate surface area is 93.1 Å². The van der Waals surface area contributed by atoms with Crippen molar-refractivity contribution in [2.45, 2.75) is 6.42 Å². The van der Waals surface area contributed by atoms with Gasteiger partial charge in [0.1, 0.15) is 0 Å². The summed E-state index contributed by atoms with van der Waals surface area (Å²) in [6, 6.07) is 7.56. The molecule has 0 bridgehead atoms. The molecule has 16 heavy (non-hydrogen) atoms. The molecule has 0 aliphatic carbocycles. The molecule has 0 saturated carbocycles. The minimum atomic E-state index is -0.416. The highest BCUT2D eigenvalue weighted by Gasteiger charge is 2.12. The Bertz CT molecular complexity index is 516. The molecule has 1 heterocycles. The Morgan fingerprint density at radius 3 is 2.88 bits per heavy atom. The third-order valence-electron chi connectivity index (χ3n) is 2.55. The van der Waals surface area contributed by atoms with Gasteiger partial charge in [-0.25, -0.2) is 4.79 Å². The summed E-state index contributed by atoms with van der Waals surface area (Å²) in [6.45, 7) is 0.0647. The predicted octanol–water partition coefficient (Wildman–Crippen LogP) is 1.79. The summed E-state index contributed by atoms with van der Waals surface area (Å²) < 4.78 is 6.16. The number of carbonyl (C=O) groups excluding carboxylic acids is 1. The quantitative estimate of drug-likeness (QED) is 0.837. The highest BCUT2D eigenvalue weighted by atomic mass is 16.5. The molecule has 0 saturated heterocycles. The summed E-state index contributed by atoms with van der Waals surface area (Å²) in [5.41, 5.74) is 1.75. The first-order valence-corrected chi connectivity index (χ1v) is 5.06. The number of carbonyl (C=O) groups is 1. The molecule has 0 aliphatic rings. The second kappa shape index (κ2) is 4.37. The van der Waals surface area contributed by atoms with Gasteiger partial charge >= 0.3 is 6.09 Å². The monoisotopic (exact) mass is 219 g/mol. The van der Waals surface area contributed by atoms with Gasteiger partial charge in [0.2, 0.25) is 0 Å². The zero-order valence-corrected chi connectivity index (χ0v) is 9.01. The van der Waals surface area contributed by atoms with E-state index in [1.54, 1.807) is 6.20 Å². The van der Waals surface area contributed by atoms with E-state index in [1.807, 2.05) is 24.3 Å². The molecule has 0 aliphatic heterocycles. The van der Waals surface area contributed by atoms with Crippen molar-refractivity contribution in [2.75, 3.05) is 13.7 Å². The lowest BCUT2D eigenvalue weighted by molar-refractivity contribution is 0.174. The zero-order valence-electron chi connectivity index (χ0n) is 9.01. The standard InChI is InChI=1S/C12H13NO3/c1-16-12(15)13-8-9(6-7-14)10-4-2-3-5-11(10)13/h2-5,8,14H,6-7H2,1H3. The first-order valence-electron chi connectivity index (χ1n) is 5.06. The van der Waals surface area contributed by atoms with Gasteiger partial charge in [-0.2, -0.15) is 0 Å². The van der Waals surface area contributed by atoms with E-state index < -0.39 is 6.09 Å². The molecule has 4 nitrogen and oxygen atoms in total. The Hall–Kier alpha value is -1.81. The van der Waals surface area contributed by atoms with Gasteiger partial charge in [-0.05, 0) is 18.1 Å². The molecule has 0 atom stereocenters. The fourth-order valence-corrected chi connectivity index (χ4v) is 1.82. The van der Waals surface area contributed by atoms with Crippen molar-refractivity contribution >= 4 is 17.0 Å². The maximum Gasteiger partial charge on any atom is 0.418 e. The second-order valence-corrected chi connectivity index (χ2v) is 3.49. The molecule has 0 amide bonds. The number of aliphatic hydroxyl groups excluding tert-OH is 1. The Kier molecular flexibility index (Phi) is 2.92. The van der Waals surface area contributed by atoms with Crippen molar-refractivity contribution in [3.05, 3.63) is 36.0 Å². The maximum atomic E-state index is 11.5. The molecule has 4 heteroatoms. The van der Waals surface area contributed by atoms with Gasteiger partial charge in [-0.1, -0.05) is 18.2 Å². The van der Waals surface area contributed by atoms with E-state index in [4.69, 9.17) is 9.84 Å². The smallest absolute Gasteiger partial charge is 0.418 e. The average molecular weight is 219 g/mol. The molecule has 1 N–H and O–H groups in total. The van der Waals surface area contributed by atoms with E-state index >= 15 is 0 Å². The van der Waals surface area contributed by atoms with Crippen molar-refractivity contribution in [1.29, 1.82) is 0 Å². The molecule has 0 fully saturated rings. The lowest BCUT2D eigenvalue weighted by Crippen LogP contribution is -2.09. The third-order valence-corrected chi connectivity index (χ3v) is 2.55. The third kappa shape index (κ3) is 1.67.